The predicted molar refractivity (Wildman–Crippen MR) is 52.3 cm³/mol. The van der Waals surface area contributed by atoms with Crippen LogP contribution >= 0.6 is 0 Å². The standard InChI is InChI=1S/C8H9NO.BH3O2/c1-7(10)9-8-5-3-2-4-6-8;2-1-3/h2-6H,1H3,(H,9,10);1-3H. The Bertz CT molecular complexity index is 240. The molecule has 1 rings (SSSR count). The molecule has 13 heavy (non-hydrogen) atoms. The Morgan fingerprint density at radius 1 is 1.31 bits per heavy atom. The van der Waals surface area contributed by atoms with Crippen LogP contribution in [0.25, 0.3) is 0 Å². The monoisotopic (exact) mass is 181 g/mol. The number of rotatable bonds is 1. The molecule has 0 saturated carbocycles. The third-order valence-corrected chi connectivity index (χ3v) is 1.09. The summed E-state index contributed by atoms with van der Waals surface area (Å²) in [4.78, 5) is 10.5. The number of benzene rings is 1. The zero-order valence-electron chi connectivity index (χ0n) is 7.40. The molecule has 0 bridgehead atoms. The molecule has 70 valence electrons. The van der Waals surface area contributed by atoms with E-state index in [9.17, 15) is 4.79 Å². The molecule has 4 nitrogen and oxygen atoms in total. The summed E-state index contributed by atoms with van der Waals surface area (Å²) in [7, 11) is -0.750. The molecular weight excluding hydrogens is 169 g/mol. The molecule has 0 aliphatic rings. The molecule has 0 saturated heterocycles. The lowest BCUT2D eigenvalue weighted by atomic mass is 10.3. The van der Waals surface area contributed by atoms with Crippen molar-refractivity contribution < 1.29 is 14.8 Å². The van der Waals surface area contributed by atoms with Gasteiger partial charge in [0.15, 0.2) is 0 Å². The molecule has 3 N–H and O–H groups in total. The topological polar surface area (TPSA) is 69.6 Å². The maximum Gasteiger partial charge on any atom is 0.432 e. The van der Waals surface area contributed by atoms with Gasteiger partial charge in [0, 0.05) is 12.6 Å². The van der Waals surface area contributed by atoms with E-state index in [1.165, 1.54) is 6.92 Å². The SMILES string of the molecule is CC(=O)Nc1ccccc1.OBO. The van der Waals surface area contributed by atoms with Crippen LogP contribution in [0.4, 0.5) is 5.69 Å². The second-order valence-electron chi connectivity index (χ2n) is 2.19. The van der Waals surface area contributed by atoms with Crippen LogP contribution in [0.2, 0.25) is 0 Å². The van der Waals surface area contributed by atoms with Crippen molar-refractivity contribution in [3.8, 4) is 0 Å². The summed E-state index contributed by atoms with van der Waals surface area (Å²) in [5, 5.41) is 16.9. The van der Waals surface area contributed by atoms with E-state index in [1.807, 2.05) is 30.3 Å². The van der Waals surface area contributed by atoms with Crippen molar-refractivity contribution in [2.75, 3.05) is 5.32 Å². The average Bonchev–Trinajstić information content (AvgIpc) is 2.06. The highest BCUT2D eigenvalue weighted by molar-refractivity contribution is 6.13. The highest BCUT2D eigenvalue weighted by Crippen LogP contribution is 2.03. The molecular formula is C8H12BNO3. The minimum Gasteiger partial charge on any atom is -0.430 e. The number of hydrogen-bond acceptors (Lipinski definition) is 3. The molecule has 1 aromatic rings. The Kier molecular flexibility index (Phi) is 6.58. The van der Waals surface area contributed by atoms with E-state index in [-0.39, 0.29) is 5.91 Å². The summed E-state index contributed by atoms with van der Waals surface area (Å²) in [6.45, 7) is 1.49. The van der Waals surface area contributed by atoms with Crippen LogP contribution in [0.15, 0.2) is 30.3 Å². The quantitative estimate of drug-likeness (QED) is 0.529. The van der Waals surface area contributed by atoms with Crippen LogP contribution in [0.1, 0.15) is 6.92 Å². The number of carbonyl (C=O) groups is 1. The van der Waals surface area contributed by atoms with Crippen molar-refractivity contribution >= 4 is 19.3 Å². The van der Waals surface area contributed by atoms with Gasteiger partial charge in [-0.2, -0.15) is 0 Å². The van der Waals surface area contributed by atoms with Gasteiger partial charge in [-0.3, -0.25) is 4.79 Å². The first kappa shape index (κ1) is 11.7. The van der Waals surface area contributed by atoms with Crippen molar-refractivity contribution in [2.24, 2.45) is 0 Å². The molecule has 1 amide bonds. The predicted octanol–water partition coefficient (Wildman–Crippen LogP) is -0.118. The third kappa shape index (κ3) is 7.05. The summed E-state index contributed by atoms with van der Waals surface area (Å²) >= 11 is 0. The van der Waals surface area contributed by atoms with Gasteiger partial charge >= 0.3 is 7.69 Å². The maximum atomic E-state index is 10.5. The fourth-order valence-electron chi connectivity index (χ4n) is 0.725. The zero-order valence-corrected chi connectivity index (χ0v) is 7.40. The van der Waals surface area contributed by atoms with Crippen LogP contribution in [-0.2, 0) is 4.79 Å². The van der Waals surface area contributed by atoms with E-state index < -0.39 is 7.69 Å². The molecule has 0 aromatic heterocycles. The van der Waals surface area contributed by atoms with Gasteiger partial charge < -0.3 is 15.4 Å². The normalized spacial score (nSPS) is 7.92. The summed E-state index contributed by atoms with van der Waals surface area (Å²) < 4.78 is 0. The van der Waals surface area contributed by atoms with Crippen molar-refractivity contribution in [1.29, 1.82) is 0 Å². The van der Waals surface area contributed by atoms with Gasteiger partial charge in [-0.05, 0) is 12.1 Å². The molecule has 0 unspecified atom stereocenters. The van der Waals surface area contributed by atoms with Gasteiger partial charge in [0.2, 0.25) is 5.91 Å². The van der Waals surface area contributed by atoms with Crippen LogP contribution in [0.3, 0.4) is 0 Å². The van der Waals surface area contributed by atoms with Crippen molar-refractivity contribution in [1.82, 2.24) is 0 Å². The number of carbonyl (C=O) groups excluding carboxylic acids is 1. The number of hydrogen-bond donors (Lipinski definition) is 3. The van der Waals surface area contributed by atoms with Gasteiger partial charge in [-0.15, -0.1) is 0 Å². The first-order valence-corrected chi connectivity index (χ1v) is 3.75. The first-order chi connectivity index (χ1) is 6.20. The largest absolute Gasteiger partial charge is 0.432 e. The smallest absolute Gasteiger partial charge is 0.430 e. The minimum atomic E-state index is -0.750. The number of para-hydroxylation sites is 1. The van der Waals surface area contributed by atoms with Crippen molar-refractivity contribution in [2.45, 2.75) is 6.92 Å². The molecule has 0 heterocycles. The molecule has 1 aromatic carbocycles. The minimum absolute atomic E-state index is 0.0359. The maximum absolute atomic E-state index is 10.5. The lowest BCUT2D eigenvalue weighted by Crippen LogP contribution is -2.04. The van der Waals surface area contributed by atoms with Crippen molar-refractivity contribution in [3.63, 3.8) is 0 Å². The Morgan fingerprint density at radius 2 is 1.77 bits per heavy atom. The summed E-state index contributed by atoms with van der Waals surface area (Å²) in [5.74, 6) is -0.0359. The van der Waals surface area contributed by atoms with Gasteiger partial charge in [0.05, 0.1) is 0 Å². The van der Waals surface area contributed by atoms with Gasteiger partial charge in [-0.25, -0.2) is 0 Å². The van der Waals surface area contributed by atoms with Gasteiger partial charge in [0.1, 0.15) is 0 Å². The van der Waals surface area contributed by atoms with Crippen LogP contribution in [-0.4, -0.2) is 23.6 Å². The Hall–Kier alpha value is -1.33. The van der Waals surface area contributed by atoms with E-state index in [4.69, 9.17) is 10.0 Å². The van der Waals surface area contributed by atoms with E-state index >= 15 is 0 Å². The number of amides is 1. The van der Waals surface area contributed by atoms with E-state index in [2.05, 4.69) is 5.32 Å². The third-order valence-electron chi connectivity index (χ3n) is 1.09. The van der Waals surface area contributed by atoms with Gasteiger partial charge in [-0.1, -0.05) is 18.2 Å². The summed E-state index contributed by atoms with van der Waals surface area (Å²) in [5.41, 5.74) is 0.843. The van der Waals surface area contributed by atoms with E-state index in [0.717, 1.165) is 5.69 Å². The second kappa shape index (κ2) is 7.33. The molecule has 0 aliphatic carbocycles. The van der Waals surface area contributed by atoms with Crippen molar-refractivity contribution in [3.05, 3.63) is 30.3 Å². The fourth-order valence-corrected chi connectivity index (χ4v) is 0.725. The fraction of sp³-hybridized carbons (Fsp3) is 0.125. The number of nitrogens with one attached hydrogen (secondary N) is 1. The first-order valence-electron chi connectivity index (χ1n) is 3.75. The molecule has 5 heteroatoms. The molecule has 0 radical (unpaired) electrons. The summed E-state index contributed by atoms with van der Waals surface area (Å²) in [6.07, 6.45) is 0. The van der Waals surface area contributed by atoms with Gasteiger partial charge in [0.25, 0.3) is 0 Å². The molecule has 0 spiro atoms. The van der Waals surface area contributed by atoms with Crippen LogP contribution < -0.4 is 5.32 Å². The van der Waals surface area contributed by atoms with Crippen LogP contribution in [0, 0.1) is 0 Å². The van der Waals surface area contributed by atoms with Crippen LogP contribution in [0.5, 0.6) is 0 Å². The van der Waals surface area contributed by atoms with E-state index in [1.54, 1.807) is 0 Å². The second-order valence-corrected chi connectivity index (χ2v) is 2.19. The molecule has 0 aliphatic heterocycles. The Balaban J connectivity index is 0.000000424. The Labute approximate surface area is 77.5 Å². The van der Waals surface area contributed by atoms with E-state index in [0.29, 0.717) is 0 Å². The Morgan fingerprint density at radius 3 is 2.15 bits per heavy atom. The number of anilines is 1. The highest BCUT2D eigenvalue weighted by atomic mass is 16.4. The molecule has 0 atom stereocenters. The average molecular weight is 181 g/mol. The lowest BCUT2D eigenvalue weighted by Gasteiger charge is -1.98. The molecule has 0 fully saturated rings. The highest BCUT2D eigenvalue weighted by Gasteiger charge is 1.90. The zero-order chi connectivity index (χ0) is 10.1. The lowest BCUT2D eigenvalue weighted by molar-refractivity contribution is -0.114. The summed E-state index contributed by atoms with van der Waals surface area (Å²) in [6, 6.07) is 9.37.